The van der Waals surface area contributed by atoms with Gasteiger partial charge in [-0.2, -0.15) is 0 Å². The molecule has 1 saturated heterocycles. The first-order valence-corrected chi connectivity index (χ1v) is 12.3. The van der Waals surface area contributed by atoms with Crippen LogP contribution in [0.1, 0.15) is 11.1 Å². The average molecular weight is 586 g/mol. The Balaban J connectivity index is 1.52. The molecule has 1 heterocycles. The summed E-state index contributed by atoms with van der Waals surface area (Å²) >= 11 is 9.37. The summed E-state index contributed by atoms with van der Waals surface area (Å²) in [7, 11) is 1.48. The highest BCUT2D eigenvalue weighted by atomic mass is 79.9. The van der Waals surface area contributed by atoms with E-state index >= 15 is 0 Å². The Bertz CT molecular complexity index is 1370. The van der Waals surface area contributed by atoms with E-state index in [2.05, 4.69) is 21.2 Å². The first-order valence-electron chi connectivity index (χ1n) is 11.1. The van der Waals surface area contributed by atoms with Gasteiger partial charge in [0, 0.05) is 5.02 Å². The quantitative estimate of drug-likeness (QED) is 0.212. The molecule has 0 unspecified atom stereocenters. The van der Waals surface area contributed by atoms with Crippen molar-refractivity contribution in [3.05, 3.63) is 86.9 Å². The Labute approximate surface area is 226 Å². The lowest BCUT2D eigenvalue weighted by molar-refractivity contribution is -0.122. The maximum absolute atomic E-state index is 13.1. The molecule has 0 saturated carbocycles. The van der Waals surface area contributed by atoms with Gasteiger partial charge in [0.05, 0.1) is 17.3 Å². The Morgan fingerprint density at radius 1 is 0.973 bits per heavy atom. The zero-order valence-electron chi connectivity index (χ0n) is 19.9. The summed E-state index contributed by atoms with van der Waals surface area (Å²) in [5, 5.41) is 2.64. The van der Waals surface area contributed by atoms with E-state index in [1.165, 1.54) is 25.3 Å². The molecule has 10 heteroatoms. The molecule has 190 valence electrons. The monoisotopic (exact) mass is 584 g/mol. The average Bonchev–Trinajstić information content (AvgIpc) is 2.87. The van der Waals surface area contributed by atoms with Gasteiger partial charge < -0.3 is 14.2 Å². The van der Waals surface area contributed by atoms with Crippen molar-refractivity contribution in [1.82, 2.24) is 5.32 Å². The molecule has 3 aromatic carbocycles. The van der Waals surface area contributed by atoms with Crippen LogP contribution in [0.15, 0.2) is 70.7 Å². The van der Waals surface area contributed by atoms with E-state index in [4.69, 9.17) is 25.8 Å². The Hall–Kier alpha value is -3.82. The molecule has 0 aromatic heterocycles. The molecule has 1 fully saturated rings. The molecule has 0 atom stereocenters. The van der Waals surface area contributed by atoms with E-state index in [0.29, 0.717) is 33.2 Å². The fraction of sp³-hybridized carbons (Fsp3) is 0.148. The molecule has 8 nitrogen and oxygen atoms in total. The van der Waals surface area contributed by atoms with Crippen LogP contribution < -0.4 is 24.4 Å². The van der Waals surface area contributed by atoms with Crippen molar-refractivity contribution in [3.8, 4) is 17.2 Å². The van der Waals surface area contributed by atoms with Gasteiger partial charge in [-0.15, -0.1) is 0 Å². The first kappa shape index (κ1) is 26.2. The fourth-order valence-corrected chi connectivity index (χ4v) is 4.25. The molecule has 4 rings (SSSR count). The van der Waals surface area contributed by atoms with Crippen molar-refractivity contribution in [3.63, 3.8) is 0 Å². The Morgan fingerprint density at radius 2 is 1.65 bits per heavy atom. The van der Waals surface area contributed by atoms with Crippen molar-refractivity contribution in [2.75, 3.05) is 25.2 Å². The maximum atomic E-state index is 13.1. The lowest BCUT2D eigenvalue weighted by atomic mass is 10.1. The first-order chi connectivity index (χ1) is 17.8. The molecule has 1 N–H and O–H groups in total. The summed E-state index contributed by atoms with van der Waals surface area (Å²) in [5.41, 5.74) is 1.68. The number of nitrogens with zero attached hydrogens (tertiary/aromatic N) is 1. The normalized spacial score (nSPS) is 14.5. The second-order valence-corrected chi connectivity index (χ2v) is 9.27. The van der Waals surface area contributed by atoms with Gasteiger partial charge in [0.1, 0.15) is 24.5 Å². The van der Waals surface area contributed by atoms with E-state index in [0.717, 1.165) is 16.2 Å². The van der Waals surface area contributed by atoms with Gasteiger partial charge in [0.25, 0.3) is 11.8 Å². The van der Waals surface area contributed by atoms with Crippen molar-refractivity contribution < 1.29 is 28.6 Å². The zero-order valence-corrected chi connectivity index (χ0v) is 22.3. The lowest BCUT2D eigenvalue weighted by Crippen LogP contribution is -2.54. The molecule has 0 bridgehead atoms. The van der Waals surface area contributed by atoms with Crippen LogP contribution in [0.4, 0.5) is 10.5 Å². The van der Waals surface area contributed by atoms with E-state index in [1.807, 2.05) is 31.2 Å². The number of aryl methyl sites for hydroxylation is 1. The summed E-state index contributed by atoms with van der Waals surface area (Å²) in [4.78, 5) is 38.9. The summed E-state index contributed by atoms with van der Waals surface area (Å²) in [6.45, 7) is 2.57. The third kappa shape index (κ3) is 6.12. The second kappa shape index (κ2) is 11.5. The number of hydrogen-bond donors (Lipinski definition) is 1. The highest BCUT2D eigenvalue weighted by molar-refractivity contribution is 9.10. The molecule has 1 aliphatic rings. The number of ether oxygens (including phenoxy) is 3. The predicted molar refractivity (Wildman–Crippen MR) is 143 cm³/mol. The number of nitrogens with one attached hydrogen (secondary N) is 1. The van der Waals surface area contributed by atoms with Crippen molar-refractivity contribution in [1.29, 1.82) is 0 Å². The van der Waals surface area contributed by atoms with Crippen LogP contribution in [0.2, 0.25) is 5.02 Å². The van der Waals surface area contributed by atoms with Gasteiger partial charge in [-0.3, -0.25) is 14.9 Å². The van der Waals surface area contributed by atoms with Crippen molar-refractivity contribution in [2.45, 2.75) is 6.92 Å². The minimum Gasteiger partial charge on any atom is -0.493 e. The summed E-state index contributed by atoms with van der Waals surface area (Å²) in [6.07, 6.45) is 1.38. The van der Waals surface area contributed by atoms with Crippen LogP contribution >= 0.6 is 27.5 Å². The summed E-state index contributed by atoms with van der Waals surface area (Å²) in [6, 6.07) is 16.3. The van der Waals surface area contributed by atoms with Crippen LogP contribution in [0.3, 0.4) is 0 Å². The van der Waals surface area contributed by atoms with Crippen molar-refractivity contribution >= 4 is 57.1 Å². The summed E-state index contributed by atoms with van der Waals surface area (Å²) in [5.74, 6) is -0.00668. The minimum atomic E-state index is -0.843. The topological polar surface area (TPSA) is 94.2 Å². The number of benzene rings is 3. The standard InChI is InChI=1S/C27H22BrClN2O6/c1-16-3-9-20(10-4-16)36-11-12-37-24-22(28)14-17(15-23(24)35-2)13-21-25(32)30-27(34)31(26(21)33)19-7-5-18(29)6-8-19/h3-10,13-15H,11-12H2,1-2H3,(H,30,32,34). The molecular weight excluding hydrogens is 564 g/mol. The van der Waals surface area contributed by atoms with Gasteiger partial charge in [-0.1, -0.05) is 29.3 Å². The molecule has 3 aromatic rings. The van der Waals surface area contributed by atoms with E-state index in [1.54, 1.807) is 24.3 Å². The number of rotatable bonds is 8. The third-order valence-electron chi connectivity index (χ3n) is 5.37. The van der Waals surface area contributed by atoms with E-state index in [-0.39, 0.29) is 17.9 Å². The second-order valence-electron chi connectivity index (χ2n) is 7.98. The minimum absolute atomic E-state index is 0.219. The highest BCUT2D eigenvalue weighted by Gasteiger charge is 2.36. The summed E-state index contributed by atoms with van der Waals surface area (Å²) < 4.78 is 17.6. The molecule has 37 heavy (non-hydrogen) atoms. The van der Waals surface area contributed by atoms with Crippen LogP contribution in [-0.2, 0) is 9.59 Å². The highest BCUT2D eigenvalue weighted by Crippen LogP contribution is 2.37. The smallest absolute Gasteiger partial charge is 0.335 e. The van der Waals surface area contributed by atoms with Gasteiger partial charge in [0.2, 0.25) is 0 Å². The maximum Gasteiger partial charge on any atom is 0.335 e. The van der Waals surface area contributed by atoms with Crippen LogP contribution in [0.5, 0.6) is 17.2 Å². The van der Waals surface area contributed by atoms with Crippen LogP contribution in [-0.4, -0.2) is 38.2 Å². The molecule has 4 amide bonds. The van der Waals surface area contributed by atoms with E-state index in [9.17, 15) is 14.4 Å². The lowest BCUT2D eigenvalue weighted by Gasteiger charge is -2.26. The predicted octanol–water partition coefficient (Wildman–Crippen LogP) is 5.54. The molecule has 0 radical (unpaired) electrons. The number of imide groups is 2. The number of carbonyl (C=O) groups is 3. The van der Waals surface area contributed by atoms with Gasteiger partial charge in [-0.05, 0) is 83.0 Å². The number of anilines is 1. The number of amides is 4. The van der Waals surface area contributed by atoms with Crippen LogP contribution in [0.25, 0.3) is 6.08 Å². The van der Waals surface area contributed by atoms with E-state index < -0.39 is 17.8 Å². The molecular formula is C27H22BrClN2O6. The number of carbonyl (C=O) groups excluding carboxylic acids is 3. The Morgan fingerprint density at radius 3 is 2.32 bits per heavy atom. The fourth-order valence-electron chi connectivity index (χ4n) is 3.55. The van der Waals surface area contributed by atoms with Gasteiger partial charge in [-0.25, -0.2) is 9.69 Å². The number of halogens is 2. The number of hydrogen-bond acceptors (Lipinski definition) is 6. The number of barbiturate groups is 1. The molecule has 1 aliphatic heterocycles. The van der Waals surface area contributed by atoms with Crippen molar-refractivity contribution in [2.24, 2.45) is 0 Å². The third-order valence-corrected chi connectivity index (χ3v) is 6.21. The Kier molecular flexibility index (Phi) is 8.15. The molecule has 0 spiro atoms. The molecule has 0 aliphatic carbocycles. The number of methoxy groups -OCH3 is 1. The largest absolute Gasteiger partial charge is 0.493 e. The van der Waals surface area contributed by atoms with Gasteiger partial charge in [0.15, 0.2) is 11.5 Å². The van der Waals surface area contributed by atoms with Crippen LogP contribution in [0, 0.1) is 6.92 Å². The zero-order chi connectivity index (χ0) is 26.5. The number of urea groups is 1. The van der Waals surface area contributed by atoms with Gasteiger partial charge >= 0.3 is 6.03 Å². The SMILES string of the molecule is COc1cc(C=C2C(=O)NC(=O)N(c3ccc(Cl)cc3)C2=O)cc(Br)c1OCCOc1ccc(C)cc1.